The maximum absolute atomic E-state index is 3.46. The van der Waals surface area contributed by atoms with Gasteiger partial charge in [0.25, 0.3) is 0 Å². The Hall–Kier alpha value is -3.72. The van der Waals surface area contributed by atoms with Gasteiger partial charge in [0.05, 0.1) is 0 Å². The Labute approximate surface area is 348 Å². The summed E-state index contributed by atoms with van der Waals surface area (Å²) >= 11 is 0. The fraction of sp³-hybridized carbons (Fsp3) is 0.472. The van der Waals surface area contributed by atoms with E-state index in [1.165, 1.54) is 35.1 Å². The highest BCUT2D eigenvalue weighted by molar-refractivity contribution is 5.63. The summed E-state index contributed by atoms with van der Waals surface area (Å²) in [6, 6.07) is 30.0. The van der Waals surface area contributed by atoms with Crippen molar-refractivity contribution in [2.75, 3.05) is 13.7 Å². The first kappa shape index (κ1) is 69.2. The van der Waals surface area contributed by atoms with E-state index in [2.05, 4.69) is 123 Å². The van der Waals surface area contributed by atoms with Crippen LogP contribution in [-0.2, 0) is 6.42 Å². The van der Waals surface area contributed by atoms with Crippen molar-refractivity contribution >= 4 is 0 Å². The van der Waals surface area contributed by atoms with E-state index in [9.17, 15) is 0 Å². The third-order valence-corrected chi connectivity index (χ3v) is 5.90. The highest BCUT2D eigenvalue weighted by Crippen LogP contribution is 2.21. The van der Waals surface area contributed by atoms with Gasteiger partial charge in [0.15, 0.2) is 0 Å². The van der Waals surface area contributed by atoms with Crippen LogP contribution in [0.15, 0.2) is 146 Å². The van der Waals surface area contributed by atoms with E-state index in [1.807, 2.05) is 166 Å². The molecule has 0 aliphatic rings. The summed E-state index contributed by atoms with van der Waals surface area (Å²) in [5.41, 5.74) is 5.20. The van der Waals surface area contributed by atoms with Gasteiger partial charge in [-0.3, -0.25) is 5.32 Å². The molecule has 3 aromatic carbocycles. The van der Waals surface area contributed by atoms with Crippen LogP contribution >= 0.6 is 0 Å². The quantitative estimate of drug-likeness (QED) is 0.122. The predicted octanol–water partition coefficient (Wildman–Crippen LogP) is 17.8. The first-order chi connectivity index (χ1) is 27.0. The van der Waals surface area contributed by atoms with Crippen LogP contribution < -0.4 is 10.6 Å². The van der Waals surface area contributed by atoms with Gasteiger partial charge in [-0.05, 0) is 70.3 Å². The lowest BCUT2D eigenvalue weighted by Crippen LogP contribution is -2.28. The van der Waals surface area contributed by atoms with Crippen LogP contribution in [0.3, 0.4) is 0 Å². The Kier molecular flexibility index (Phi) is 94.7. The molecule has 0 aromatic heterocycles. The minimum Gasteiger partial charge on any atom is -0.308 e. The lowest BCUT2D eigenvalue weighted by Gasteiger charge is -2.14. The van der Waals surface area contributed by atoms with Gasteiger partial charge in [-0.2, -0.15) is 0 Å². The summed E-state index contributed by atoms with van der Waals surface area (Å²) in [5.74, 6) is 0. The Balaban J connectivity index is -0.0000000864. The molecule has 3 rings (SSSR count). The molecule has 0 radical (unpaired) electrons. The zero-order valence-electron chi connectivity index (χ0n) is 40.4. The number of hydrogen-bond acceptors (Lipinski definition) is 2. The average Bonchev–Trinajstić information content (AvgIpc) is 3.30. The van der Waals surface area contributed by atoms with Crippen molar-refractivity contribution in [3.05, 3.63) is 157 Å². The first-order valence-electron chi connectivity index (χ1n) is 21.6. The maximum Gasteiger partial charge on any atom is 0.0456 e. The maximum atomic E-state index is 3.46. The molecule has 2 N–H and O–H groups in total. The molecule has 55 heavy (non-hydrogen) atoms. The molecular formula is C53H96N2. The highest BCUT2D eigenvalue weighted by atomic mass is 15.1. The fourth-order valence-corrected chi connectivity index (χ4v) is 3.11. The second kappa shape index (κ2) is 75.3. The molecule has 0 bridgehead atoms. The third-order valence-electron chi connectivity index (χ3n) is 5.90. The molecule has 0 fully saturated rings. The molecule has 3 aromatic rings. The lowest BCUT2D eigenvalue weighted by molar-refractivity contribution is 0.544. The molecule has 0 heterocycles. The summed E-state index contributed by atoms with van der Waals surface area (Å²) < 4.78 is 0. The van der Waals surface area contributed by atoms with Crippen LogP contribution in [0.5, 0.6) is 0 Å². The summed E-state index contributed by atoms with van der Waals surface area (Å²) in [7, 11) is 1.94. The van der Waals surface area contributed by atoms with E-state index < -0.39 is 0 Å². The fourth-order valence-electron chi connectivity index (χ4n) is 3.11. The number of rotatable bonds is 10. The lowest BCUT2D eigenvalue weighted by atomic mass is 10.0. The normalized spacial score (nSPS) is 9.24. The van der Waals surface area contributed by atoms with Crippen molar-refractivity contribution in [3.8, 4) is 11.1 Å². The van der Waals surface area contributed by atoms with Gasteiger partial charge in [0.2, 0.25) is 0 Å². The summed E-state index contributed by atoms with van der Waals surface area (Å²) in [4.78, 5) is 0. The van der Waals surface area contributed by atoms with Crippen molar-refractivity contribution in [2.24, 2.45) is 0 Å². The zero-order chi connectivity index (χ0) is 44.4. The molecular weight excluding hydrogens is 665 g/mol. The van der Waals surface area contributed by atoms with Gasteiger partial charge in [0.1, 0.15) is 0 Å². The van der Waals surface area contributed by atoms with Gasteiger partial charge in [-0.25, -0.2) is 0 Å². The van der Waals surface area contributed by atoms with E-state index in [4.69, 9.17) is 0 Å². The molecule has 1 atom stereocenters. The van der Waals surface area contributed by atoms with Crippen molar-refractivity contribution in [1.29, 1.82) is 0 Å². The second-order valence-corrected chi connectivity index (χ2v) is 9.52. The molecule has 0 saturated carbocycles. The Bertz CT molecular complexity index is 1090. The van der Waals surface area contributed by atoms with Crippen LogP contribution in [0.2, 0.25) is 0 Å². The highest BCUT2D eigenvalue weighted by Gasteiger charge is 2.04. The minimum absolute atomic E-state index is 0.363. The van der Waals surface area contributed by atoms with Gasteiger partial charge in [0, 0.05) is 12.7 Å². The molecule has 318 valence electrons. The van der Waals surface area contributed by atoms with Gasteiger partial charge in [-0.1, -0.05) is 256 Å². The molecule has 1 unspecified atom stereocenters. The van der Waals surface area contributed by atoms with Gasteiger partial charge >= 0.3 is 0 Å². The largest absolute Gasteiger partial charge is 0.308 e. The Morgan fingerprint density at radius 3 is 1.25 bits per heavy atom. The molecule has 0 saturated heterocycles. The molecule has 2 nitrogen and oxygen atoms in total. The van der Waals surface area contributed by atoms with Crippen LogP contribution in [0.4, 0.5) is 0 Å². The Morgan fingerprint density at radius 1 is 0.527 bits per heavy atom. The molecule has 0 aliphatic carbocycles. The summed E-state index contributed by atoms with van der Waals surface area (Å²) in [5, 5.41) is 6.49. The molecule has 2 heteroatoms. The monoisotopic (exact) mass is 761 g/mol. The van der Waals surface area contributed by atoms with Crippen molar-refractivity contribution in [3.63, 3.8) is 0 Å². The predicted molar refractivity (Wildman–Crippen MR) is 266 cm³/mol. The third kappa shape index (κ3) is 59.8. The number of hydrogen-bond donors (Lipinski definition) is 2. The minimum atomic E-state index is 0.363. The van der Waals surface area contributed by atoms with Gasteiger partial charge < -0.3 is 5.32 Å². The average molecular weight is 761 g/mol. The van der Waals surface area contributed by atoms with Crippen LogP contribution in [0, 0.1) is 0 Å². The smallest absolute Gasteiger partial charge is 0.0456 e. The number of nitrogens with one attached hydrogen (secondary N) is 2. The standard InChI is InChI=1S/C16H20N2.C12H14.C5H8.C4H10.C4H8.6C2H6/c1-13(18-12-17-2)14-8-10-16(11-9-14)15-6-4-3-5-7-15;1-2-3-4-6-9-12-10-7-5-8-11-12;1-3-5-4-2;2*1-3-4-2;6*1-2/h3-11,13,17-18H,12H2,1-2H3;2-8,10-11H,9H2,1H3;3-5H,1H2,2H3;3-4H2,1-2H3;3-4H,1-2H3;6*1-2H3/b;3-2-,6-4-;5-4-;;4-3-;;;;;;. The van der Waals surface area contributed by atoms with E-state index in [0.29, 0.717) is 6.04 Å². The van der Waals surface area contributed by atoms with E-state index in [1.54, 1.807) is 6.08 Å². The van der Waals surface area contributed by atoms with E-state index in [-0.39, 0.29) is 0 Å². The second-order valence-electron chi connectivity index (χ2n) is 9.52. The molecule has 0 amide bonds. The van der Waals surface area contributed by atoms with Crippen molar-refractivity contribution < 1.29 is 0 Å². The zero-order valence-corrected chi connectivity index (χ0v) is 40.4. The number of unbranched alkanes of at least 4 members (excludes halogenated alkanes) is 1. The molecule has 0 aliphatic heterocycles. The SMILES string of the molecule is C/C=C\C.C/C=C\C=C/Cc1ccccc1.C=C/C=C\C.CC.CC.CC.CC.CC.CC.CCCC.CNCNC(C)c1ccc(-c2ccccc2)cc1. The number of benzene rings is 3. The molecule has 0 spiro atoms. The van der Waals surface area contributed by atoms with Crippen LogP contribution in [-0.4, -0.2) is 13.7 Å². The van der Waals surface area contributed by atoms with Gasteiger partial charge in [-0.15, -0.1) is 0 Å². The number of allylic oxidation sites excluding steroid dienone is 9. The topological polar surface area (TPSA) is 24.1 Å². The van der Waals surface area contributed by atoms with Crippen LogP contribution in [0.25, 0.3) is 11.1 Å². The van der Waals surface area contributed by atoms with Crippen LogP contribution in [0.1, 0.15) is 162 Å². The summed E-state index contributed by atoms with van der Waals surface area (Å²) in [6.07, 6.45) is 21.5. The van der Waals surface area contributed by atoms with E-state index >= 15 is 0 Å². The first-order valence-corrected chi connectivity index (χ1v) is 21.6. The van der Waals surface area contributed by atoms with E-state index in [0.717, 1.165) is 13.1 Å². The van der Waals surface area contributed by atoms with Crippen molar-refractivity contribution in [1.82, 2.24) is 10.6 Å². The van der Waals surface area contributed by atoms with Crippen molar-refractivity contribution in [2.45, 2.75) is 157 Å². The Morgan fingerprint density at radius 2 is 0.927 bits per heavy atom. The summed E-state index contributed by atoms with van der Waals surface area (Å²) in [6.45, 7) is 42.8.